The lowest BCUT2D eigenvalue weighted by molar-refractivity contribution is 0.0222. The maximum absolute atomic E-state index is 15.2. The van der Waals surface area contributed by atoms with Crippen LogP contribution in [-0.2, 0) is 9.47 Å². The molecule has 1 atom stereocenters. The number of likely N-dealkylation sites (tertiary alicyclic amines) is 1. The van der Waals surface area contributed by atoms with E-state index >= 15 is 4.39 Å². The first-order valence-electron chi connectivity index (χ1n) is 10.7. The number of rotatable bonds is 3. The zero-order valence-corrected chi connectivity index (χ0v) is 18.7. The number of fused-ring (bicyclic) bond motifs is 1. The van der Waals surface area contributed by atoms with Crippen LogP contribution >= 0.6 is 0 Å². The topological polar surface area (TPSA) is 71.6 Å². The first kappa shape index (κ1) is 21.9. The molecule has 0 radical (unpaired) electrons. The molecule has 2 aromatic carbocycles. The first-order chi connectivity index (χ1) is 15.2. The monoisotopic (exact) mass is 438 g/mol. The van der Waals surface area contributed by atoms with Gasteiger partial charge in [-0.1, -0.05) is 18.2 Å². The lowest BCUT2D eigenvalue weighted by Crippen LogP contribution is -2.36. The second kappa shape index (κ2) is 8.30. The summed E-state index contributed by atoms with van der Waals surface area (Å²) in [6.45, 7) is 5.99. The van der Waals surface area contributed by atoms with Crippen molar-refractivity contribution in [2.24, 2.45) is 0 Å². The number of aromatic amines is 1. The molecule has 0 saturated carbocycles. The quantitative estimate of drug-likeness (QED) is 0.522. The molecule has 32 heavy (non-hydrogen) atoms. The highest BCUT2D eigenvalue weighted by Crippen LogP contribution is 2.36. The summed E-state index contributed by atoms with van der Waals surface area (Å²) >= 11 is 0. The Hall–Kier alpha value is -3.35. The Bertz CT molecular complexity index is 1180. The largest absolute Gasteiger partial charge is 0.465 e. The minimum Gasteiger partial charge on any atom is -0.465 e. The van der Waals surface area contributed by atoms with Crippen molar-refractivity contribution in [2.45, 2.75) is 45.3 Å². The lowest BCUT2D eigenvalue weighted by atomic mass is 10.0. The van der Waals surface area contributed by atoms with Gasteiger partial charge in [-0.05, 0) is 57.9 Å². The first-order valence-corrected chi connectivity index (χ1v) is 10.7. The van der Waals surface area contributed by atoms with Crippen LogP contribution in [0.4, 0.5) is 9.18 Å². The van der Waals surface area contributed by atoms with Crippen molar-refractivity contribution in [1.29, 1.82) is 0 Å². The number of aromatic nitrogens is 1. The van der Waals surface area contributed by atoms with Crippen LogP contribution in [0, 0.1) is 5.82 Å². The van der Waals surface area contributed by atoms with Crippen LogP contribution in [0.15, 0.2) is 42.5 Å². The standard InChI is InChI=1S/C25H27FN2O4/c1-25(2,3)32-24(30)28-12-6-9-22(28)17-11-10-15(13-19(17)26)21-14-18-16(23(29)31-4)7-5-8-20(18)27-21/h5,7-8,10-11,13-14,22,27H,6,9,12H2,1-4H3. The van der Waals surface area contributed by atoms with Gasteiger partial charge in [-0.15, -0.1) is 0 Å². The molecule has 1 amide bonds. The molecule has 1 fully saturated rings. The van der Waals surface area contributed by atoms with Gasteiger partial charge in [0.2, 0.25) is 0 Å². The van der Waals surface area contributed by atoms with Crippen LogP contribution in [0.5, 0.6) is 0 Å². The van der Waals surface area contributed by atoms with Gasteiger partial charge in [0, 0.05) is 34.3 Å². The summed E-state index contributed by atoms with van der Waals surface area (Å²) in [4.78, 5) is 29.5. The van der Waals surface area contributed by atoms with Crippen molar-refractivity contribution in [3.05, 3.63) is 59.4 Å². The van der Waals surface area contributed by atoms with E-state index in [1.165, 1.54) is 13.2 Å². The molecule has 168 valence electrons. The lowest BCUT2D eigenvalue weighted by Gasteiger charge is -2.29. The number of benzene rings is 2. The van der Waals surface area contributed by atoms with E-state index in [2.05, 4.69) is 4.98 Å². The van der Waals surface area contributed by atoms with E-state index in [-0.39, 0.29) is 11.9 Å². The second-order valence-electron chi connectivity index (χ2n) is 9.01. The molecule has 1 N–H and O–H groups in total. The number of hydrogen-bond acceptors (Lipinski definition) is 4. The van der Waals surface area contributed by atoms with Crippen molar-refractivity contribution < 1.29 is 23.5 Å². The summed E-state index contributed by atoms with van der Waals surface area (Å²) in [5.41, 5.74) is 2.43. The predicted molar refractivity (Wildman–Crippen MR) is 120 cm³/mol. The number of hydrogen-bond donors (Lipinski definition) is 1. The number of halogens is 1. The number of methoxy groups -OCH3 is 1. The third-order valence-corrected chi connectivity index (χ3v) is 5.62. The fourth-order valence-electron chi connectivity index (χ4n) is 4.19. The summed E-state index contributed by atoms with van der Waals surface area (Å²) < 4.78 is 25.6. The number of esters is 1. The van der Waals surface area contributed by atoms with E-state index in [9.17, 15) is 9.59 Å². The Morgan fingerprint density at radius 2 is 1.94 bits per heavy atom. The minimum atomic E-state index is -0.606. The predicted octanol–water partition coefficient (Wildman–Crippen LogP) is 5.83. The van der Waals surface area contributed by atoms with E-state index in [0.717, 1.165) is 11.9 Å². The third kappa shape index (κ3) is 4.20. The van der Waals surface area contributed by atoms with Gasteiger partial charge in [0.25, 0.3) is 0 Å². The zero-order chi connectivity index (χ0) is 23.0. The summed E-state index contributed by atoms with van der Waals surface area (Å²) in [6, 6.07) is 11.8. The second-order valence-corrected chi connectivity index (χ2v) is 9.01. The SMILES string of the molecule is COC(=O)c1cccc2[nH]c(-c3ccc(C4CCCN4C(=O)OC(C)(C)C)c(F)c3)cc12. The van der Waals surface area contributed by atoms with Gasteiger partial charge >= 0.3 is 12.1 Å². The van der Waals surface area contributed by atoms with Gasteiger partial charge in [0.1, 0.15) is 11.4 Å². The molecule has 1 saturated heterocycles. The third-order valence-electron chi connectivity index (χ3n) is 5.62. The zero-order valence-electron chi connectivity index (χ0n) is 18.7. The highest BCUT2D eigenvalue weighted by molar-refractivity contribution is 6.05. The van der Waals surface area contributed by atoms with Crippen LogP contribution in [-0.4, -0.2) is 41.2 Å². The molecule has 0 spiro atoms. The average molecular weight is 438 g/mol. The van der Waals surface area contributed by atoms with Crippen molar-refractivity contribution in [3.8, 4) is 11.3 Å². The Morgan fingerprint density at radius 3 is 2.62 bits per heavy atom. The number of nitrogens with one attached hydrogen (secondary N) is 1. The molecule has 0 aliphatic carbocycles. The number of carbonyl (C=O) groups excluding carboxylic acids is 2. The van der Waals surface area contributed by atoms with Gasteiger partial charge < -0.3 is 19.4 Å². The normalized spacial score (nSPS) is 16.4. The van der Waals surface area contributed by atoms with Gasteiger partial charge in [0.05, 0.1) is 18.7 Å². The van der Waals surface area contributed by atoms with E-state index in [4.69, 9.17) is 9.47 Å². The van der Waals surface area contributed by atoms with E-state index in [0.29, 0.717) is 40.7 Å². The number of ether oxygens (including phenoxy) is 2. The molecule has 1 unspecified atom stereocenters. The Morgan fingerprint density at radius 1 is 1.16 bits per heavy atom. The number of carbonyl (C=O) groups is 2. The molecule has 4 rings (SSSR count). The van der Waals surface area contributed by atoms with E-state index in [1.54, 1.807) is 23.1 Å². The number of amides is 1. The highest BCUT2D eigenvalue weighted by Gasteiger charge is 2.34. The van der Waals surface area contributed by atoms with Crippen LogP contribution in [0.1, 0.15) is 55.6 Å². The molecular formula is C25H27FN2O4. The fourth-order valence-corrected chi connectivity index (χ4v) is 4.19. The summed E-state index contributed by atoms with van der Waals surface area (Å²) in [7, 11) is 1.34. The van der Waals surface area contributed by atoms with Crippen molar-refractivity contribution >= 4 is 23.0 Å². The van der Waals surface area contributed by atoms with Crippen LogP contribution in [0.2, 0.25) is 0 Å². The number of H-pyrrole nitrogens is 1. The fraction of sp³-hybridized carbons (Fsp3) is 0.360. The maximum Gasteiger partial charge on any atom is 0.410 e. The maximum atomic E-state index is 15.2. The Balaban J connectivity index is 1.64. The summed E-state index contributed by atoms with van der Waals surface area (Å²) in [6.07, 6.45) is 1.06. The minimum absolute atomic E-state index is 0.354. The summed E-state index contributed by atoms with van der Waals surface area (Å²) in [5, 5.41) is 0.714. The van der Waals surface area contributed by atoms with Crippen molar-refractivity contribution in [2.75, 3.05) is 13.7 Å². The Labute approximate surface area is 186 Å². The van der Waals surface area contributed by atoms with Gasteiger partial charge in [-0.3, -0.25) is 0 Å². The van der Waals surface area contributed by atoms with Crippen molar-refractivity contribution in [1.82, 2.24) is 9.88 Å². The van der Waals surface area contributed by atoms with Gasteiger partial charge in [0.15, 0.2) is 0 Å². The highest BCUT2D eigenvalue weighted by atomic mass is 19.1. The van der Waals surface area contributed by atoms with E-state index in [1.807, 2.05) is 39.0 Å². The molecule has 1 aromatic heterocycles. The molecule has 0 bridgehead atoms. The molecular weight excluding hydrogens is 411 g/mol. The molecule has 1 aliphatic heterocycles. The van der Waals surface area contributed by atoms with Gasteiger partial charge in [-0.2, -0.15) is 0 Å². The van der Waals surface area contributed by atoms with Crippen molar-refractivity contribution in [3.63, 3.8) is 0 Å². The molecule has 3 aromatic rings. The molecule has 2 heterocycles. The molecule has 6 nitrogen and oxygen atoms in total. The number of nitrogens with zero attached hydrogens (tertiary/aromatic N) is 1. The summed E-state index contributed by atoms with van der Waals surface area (Å²) in [5.74, 6) is -0.805. The molecule has 7 heteroatoms. The smallest absolute Gasteiger partial charge is 0.410 e. The van der Waals surface area contributed by atoms with E-state index < -0.39 is 17.7 Å². The van der Waals surface area contributed by atoms with Crippen LogP contribution < -0.4 is 0 Å². The van der Waals surface area contributed by atoms with Crippen LogP contribution in [0.3, 0.4) is 0 Å². The Kier molecular flexibility index (Phi) is 5.67. The van der Waals surface area contributed by atoms with Crippen LogP contribution in [0.25, 0.3) is 22.2 Å². The van der Waals surface area contributed by atoms with Gasteiger partial charge in [-0.25, -0.2) is 14.0 Å². The average Bonchev–Trinajstić information content (AvgIpc) is 3.38. The molecule has 1 aliphatic rings.